The van der Waals surface area contributed by atoms with Crippen LogP contribution in [0.2, 0.25) is 0 Å². The number of hydrogen-bond acceptors (Lipinski definition) is 2. The van der Waals surface area contributed by atoms with Gasteiger partial charge in [0.25, 0.3) is 0 Å². The normalized spacial score (nSPS) is 31.4. The lowest BCUT2D eigenvalue weighted by Crippen LogP contribution is -2.47. The number of hydrogen-bond donors (Lipinski definition) is 1. The third-order valence-corrected chi connectivity index (χ3v) is 5.36. The maximum absolute atomic E-state index is 5.63. The Bertz CT molecular complexity index is 442. The Morgan fingerprint density at radius 1 is 1.42 bits per heavy atom. The Morgan fingerprint density at radius 3 is 2.95 bits per heavy atom. The molecule has 1 aliphatic heterocycles. The first kappa shape index (κ1) is 13.6. The molecule has 0 radical (unpaired) electrons. The van der Waals surface area contributed by atoms with E-state index in [0.717, 1.165) is 25.6 Å². The van der Waals surface area contributed by atoms with Crippen molar-refractivity contribution >= 4 is 15.9 Å². The zero-order valence-corrected chi connectivity index (χ0v) is 13.1. The molecule has 19 heavy (non-hydrogen) atoms. The predicted octanol–water partition coefficient (Wildman–Crippen LogP) is 3.57. The zero-order valence-electron chi connectivity index (χ0n) is 11.5. The van der Waals surface area contributed by atoms with Gasteiger partial charge in [-0.05, 0) is 49.4 Å². The second kappa shape index (κ2) is 5.55. The molecule has 3 heteroatoms. The molecule has 2 nitrogen and oxygen atoms in total. The van der Waals surface area contributed by atoms with Crippen LogP contribution in [0.1, 0.15) is 30.7 Å². The summed E-state index contributed by atoms with van der Waals surface area (Å²) in [5.74, 6) is 1.43. The van der Waals surface area contributed by atoms with Crippen molar-refractivity contribution in [2.75, 3.05) is 26.8 Å². The minimum atomic E-state index is 0.348. The molecule has 104 valence electrons. The maximum Gasteiger partial charge on any atom is 0.0528 e. The number of piperidine rings is 1. The van der Waals surface area contributed by atoms with Crippen molar-refractivity contribution in [3.05, 3.63) is 34.3 Å². The van der Waals surface area contributed by atoms with E-state index in [2.05, 4.69) is 45.5 Å². The van der Waals surface area contributed by atoms with Crippen LogP contribution in [-0.2, 0) is 4.74 Å². The van der Waals surface area contributed by atoms with Crippen LogP contribution in [0.3, 0.4) is 0 Å². The number of rotatable bonds is 4. The minimum absolute atomic E-state index is 0.348. The molecule has 1 aromatic carbocycles. The smallest absolute Gasteiger partial charge is 0.0528 e. The number of nitrogens with one attached hydrogen (secondary N) is 1. The molecular formula is C16H22BrNO. The molecule has 2 unspecified atom stereocenters. The molecule has 1 aromatic rings. The van der Waals surface area contributed by atoms with Gasteiger partial charge in [0.2, 0.25) is 0 Å². The maximum atomic E-state index is 5.63. The summed E-state index contributed by atoms with van der Waals surface area (Å²) in [7, 11) is 1.85. The van der Waals surface area contributed by atoms with Crippen molar-refractivity contribution in [3.63, 3.8) is 0 Å². The van der Waals surface area contributed by atoms with Crippen molar-refractivity contribution in [2.45, 2.75) is 25.2 Å². The topological polar surface area (TPSA) is 21.3 Å². The van der Waals surface area contributed by atoms with Crippen LogP contribution in [0.4, 0.5) is 0 Å². The van der Waals surface area contributed by atoms with Gasteiger partial charge < -0.3 is 10.1 Å². The fourth-order valence-electron chi connectivity index (χ4n) is 3.82. The van der Waals surface area contributed by atoms with Crippen molar-refractivity contribution in [1.82, 2.24) is 5.32 Å². The minimum Gasteiger partial charge on any atom is -0.384 e. The van der Waals surface area contributed by atoms with Crippen LogP contribution >= 0.6 is 15.9 Å². The summed E-state index contributed by atoms with van der Waals surface area (Å²) in [6.45, 7) is 3.11. The summed E-state index contributed by atoms with van der Waals surface area (Å²) >= 11 is 3.61. The summed E-state index contributed by atoms with van der Waals surface area (Å²) in [5.41, 5.74) is 1.80. The third kappa shape index (κ3) is 2.61. The van der Waals surface area contributed by atoms with Gasteiger partial charge in [0.1, 0.15) is 0 Å². The Hall–Kier alpha value is -0.380. The van der Waals surface area contributed by atoms with E-state index in [1.807, 2.05) is 7.11 Å². The highest BCUT2D eigenvalue weighted by Gasteiger charge is 2.51. The van der Waals surface area contributed by atoms with Crippen molar-refractivity contribution in [3.8, 4) is 0 Å². The summed E-state index contributed by atoms with van der Waals surface area (Å²) in [6, 6.07) is 8.81. The fraction of sp³-hybridized carbons (Fsp3) is 0.625. The van der Waals surface area contributed by atoms with E-state index in [0.29, 0.717) is 11.3 Å². The number of ether oxygens (including phenoxy) is 1. The van der Waals surface area contributed by atoms with Gasteiger partial charge in [0.15, 0.2) is 0 Å². The zero-order chi connectivity index (χ0) is 13.3. The summed E-state index contributed by atoms with van der Waals surface area (Å²) < 4.78 is 6.81. The van der Waals surface area contributed by atoms with E-state index in [4.69, 9.17) is 4.74 Å². The van der Waals surface area contributed by atoms with Gasteiger partial charge in [0.05, 0.1) is 6.61 Å². The Morgan fingerprint density at radius 2 is 2.26 bits per heavy atom. The van der Waals surface area contributed by atoms with Gasteiger partial charge in [-0.3, -0.25) is 0 Å². The molecule has 0 aromatic heterocycles. The second-order valence-electron chi connectivity index (χ2n) is 6.00. The lowest BCUT2D eigenvalue weighted by Gasteiger charge is -2.45. The summed E-state index contributed by atoms with van der Waals surface area (Å²) in [4.78, 5) is 0. The van der Waals surface area contributed by atoms with Crippen molar-refractivity contribution in [1.29, 1.82) is 0 Å². The number of methoxy groups -OCH3 is 1. The van der Waals surface area contributed by atoms with Crippen LogP contribution in [-0.4, -0.2) is 26.8 Å². The molecule has 1 saturated carbocycles. The molecule has 2 atom stereocenters. The average molecular weight is 324 g/mol. The van der Waals surface area contributed by atoms with E-state index < -0.39 is 0 Å². The Balaban J connectivity index is 1.95. The fourth-order valence-corrected chi connectivity index (χ4v) is 4.24. The van der Waals surface area contributed by atoms with E-state index in [1.165, 1.54) is 29.3 Å². The highest BCUT2D eigenvalue weighted by molar-refractivity contribution is 9.10. The van der Waals surface area contributed by atoms with Gasteiger partial charge in [-0.1, -0.05) is 28.1 Å². The molecule has 1 heterocycles. The number of benzene rings is 1. The molecule has 1 aliphatic carbocycles. The molecule has 2 aliphatic rings. The van der Waals surface area contributed by atoms with E-state index in [9.17, 15) is 0 Å². The lowest BCUT2D eigenvalue weighted by atomic mass is 9.65. The lowest BCUT2D eigenvalue weighted by molar-refractivity contribution is 0.0184. The molecule has 0 bridgehead atoms. The largest absolute Gasteiger partial charge is 0.384 e. The van der Waals surface area contributed by atoms with Gasteiger partial charge in [-0.25, -0.2) is 0 Å². The molecule has 0 amide bonds. The molecule has 3 rings (SSSR count). The van der Waals surface area contributed by atoms with Gasteiger partial charge in [0, 0.05) is 29.5 Å². The SMILES string of the molecule is COCC1(C2CC2)CCNCC1c1cccc(Br)c1. The van der Waals surface area contributed by atoms with Gasteiger partial charge in [-0.2, -0.15) is 0 Å². The third-order valence-electron chi connectivity index (χ3n) is 4.86. The molecule has 0 spiro atoms. The first-order chi connectivity index (χ1) is 9.26. The highest BCUT2D eigenvalue weighted by Crippen LogP contribution is 2.56. The van der Waals surface area contributed by atoms with E-state index in [-0.39, 0.29) is 0 Å². The quantitative estimate of drug-likeness (QED) is 0.914. The molecule has 1 N–H and O–H groups in total. The van der Waals surface area contributed by atoms with E-state index in [1.54, 1.807) is 0 Å². The van der Waals surface area contributed by atoms with Crippen LogP contribution in [0, 0.1) is 11.3 Å². The van der Waals surface area contributed by atoms with Crippen LogP contribution in [0.5, 0.6) is 0 Å². The molecular weight excluding hydrogens is 302 g/mol. The monoisotopic (exact) mass is 323 g/mol. The first-order valence-electron chi connectivity index (χ1n) is 7.21. The molecule has 1 saturated heterocycles. The first-order valence-corrected chi connectivity index (χ1v) is 8.01. The van der Waals surface area contributed by atoms with Crippen LogP contribution in [0.15, 0.2) is 28.7 Å². The summed E-state index contributed by atoms with van der Waals surface area (Å²) in [5, 5.41) is 3.58. The predicted molar refractivity (Wildman–Crippen MR) is 81.4 cm³/mol. The van der Waals surface area contributed by atoms with Crippen molar-refractivity contribution < 1.29 is 4.74 Å². The van der Waals surface area contributed by atoms with Crippen molar-refractivity contribution in [2.24, 2.45) is 11.3 Å². The Kier molecular flexibility index (Phi) is 3.97. The Labute approximate surface area is 124 Å². The van der Waals surface area contributed by atoms with E-state index >= 15 is 0 Å². The van der Waals surface area contributed by atoms with Gasteiger partial charge in [-0.15, -0.1) is 0 Å². The highest BCUT2D eigenvalue weighted by atomic mass is 79.9. The average Bonchev–Trinajstić information content (AvgIpc) is 3.24. The number of halogens is 1. The van der Waals surface area contributed by atoms with Crippen LogP contribution < -0.4 is 5.32 Å². The van der Waals surface area contributed by atoms with Crippen LogP contribution in [0.25, 0.3) is 0 Å². The van der Waals surface area contributed by atoms with Gasteiger partial charge >= 0.3 is 0 Å². The second-order valence-corrected chi connectivity index (χ2v) is 6.92. The standard InChI is InChI=1S/C16H22BrNO/c1-19-11-16(13-5-6-13)7-8-18-10-15(16)12-3-2-4-14(17)9-12/h2-4,9,13,15,18H,5-8,10-11H2,1H3. The molecule has 2 fully saturated rings. The summed E-state index contributed by atoms with van der Waals surface area (Å²) in [6.07, 6.45) is 4.00.